The molecule has 182 valence electrons. The summed E-state index contributed by atoms with van der Waals surface area (Å²) in [7, 11) is 0. The molecule has 0 bridgehead atoms. The highest BCUT2D eigenvalue weighted by Gasteiger charge is 2.45. The van der Waals surface area contributed by atoms with Crippen LogP contribution in [0.15, 0.2) is 29.1 Å². The predicted octanol–water partition coefficient (Wildman–Crippen LogP) is 3.57. The van der Waals surface area contributed by atoms with Crippen molar-refractivity contribution in [3.63, 3.8) is 0 Å². The molecule has 0 saturated carbocycles. The van der Waals surface area contributed by atoms with E-state index in [0.29, 0.717) is 35.6 Å². The number of carbonyl (C=O) groups excluding carboxylic acids is 2. The largest absolute Gasteiger partial charge is 0.514 e. The van der Waals surface area contributed by atoms with E-state index in [9.17, 15) is 19.5 Å². The van der Waals surface area contributed by atoms with Crippen molar-refractivity contribution in [3.05, 3.63) is 56.9 Å². The van der Waals surface area contributed by atoms with E-state index < -0.39 is 17.7 Å². The monoisotopic (exact) mass is 478 g/mol. The lowest BCUT2D eigenvalue weighted by molar-refractivity contribution is -0.172. The van der Waals surface area contributed by atoms with Crippen LogP contribution in [0.3, 0.4) is 0 Å². The van der Waals surface area contributed by atoms with Crippen molar-refractivity contribution in [1.82, 2.24) is 9.55 Å². The topological polar surface area (TPSA) is 117 Å². The van der Waals surface area contributed by atoms with E-state index in [1.165, 1.54) is 0 Å². The second-order valence-corrected chi connectivity index (χ2v) is 9.07. The molecule has 4 heterocycles. The number of aryl methyl sites for hydroxylation is 1. The summed E-state index contributed by atoms with van der Waals surface area (Å²) in [5.74, 6) is -0.411. The number of aliphatic hydroxyl groups is 1. The summed E-state index contributed by atoms with van der Waals surface area (Å²) in [4.78, 5) is 42.6. The van der Waals surface area contributed by atoms with Crippen LogP contribution in [0.2, 0.25) is 0 Å². The molecule has 1 aromatic carbocycles. The van der Waals surface area contributed by atoms with Gasteiger partial charge in [0, 0.05) is 16.5 Å². The molecule has 35 heavy (non-hydrogen) atoms. The zero-order valence-corrected chi connectivity index (χ0v) is 20.0. The maximum Gasteiger partial charge on any atom is 0.514 e. The number of rotatable bonds is 4. The molecule has 1 atom stereocenters. The minimum absolute atomic E-state index is 0.0853. The first-order chi connectivity index (χ1) is 16.7. The Bertz CT molecular complexity index is 1460. The van der Waals surface area contributed by atoms with Gasteiger partial charge in [0.2, 0.25) is 0 Å². The van der Waals surface area contributed by atoms with Gasteiger partial charge in [-0.2, -0.15) is 0 Å². The van der Waals surface area contributed by atoms with Crippen molar-refractivity contribution in [3.8, 4) is 17.1 Å². The average Bonchev–Trinajstić information content (AvgIpc) is 3.18. The van der Waals surface area contributed by atoms with E-state index in [4.69, 9.17) is 19.2 Å². The van der Waals surface area contributed by atoms with Crippen molar-refractivity contribution in [1.29, 1.82) is 0 Å². The quantitative estimate of drug-likeness (QED) is 0.350. The highest BCUT2D eigenvalue weighted by Crippen LogP contribution is 2.40. The predicted molar refractivity (Wildman–Crippen MR) is 126 cm³/mol. The van der Waals surface area contributed by atoms with Gasteiger partial charge in [-0.3, -0.25) is 4.79 Å². The zero-order valence-electron chi connectivity index (χ0n) is 20.0. The Morgan fingerprint density at radius 3 is 2.69 bits per heavy atom. The fraction of sp³-hybridized carbons (Fsp3) is 0.385. The summed E-state index contributed by atoms with van der Waals surface area (Å²) in [6.07, 6.45) is -0.337. The third-order valence-corrected chi connectivity index (χ3v) is 6.66. The number of carbonyl (C=O) groups is 2. The lowest BCUT2D eigenvalue weighted by Crippen LogP contribution is -2.44. The number of esters is 1. The minimum atomic E-state index is -1.87. The third kappa shape index (κ3) is 3.49. The van der Waals surface area contributed by atoms with Crippen molar-refractivity contribution in [2.24, 2.45) is 0 Å². The van der Waals surface area contributed by atoms with Crippen LogP contribution >= 0.6 is 0 Å². The molecule has 2 aliphatic rings. The van der Waals surface area contributed by atoms with E-state index in [1.807, 2.05) is 6.92 Å². The fourth-order valence-electron chi connectivity index (χ4n) is 4.92. The van der Waals surface area contributed by atoms with Gasteiger partial charge in [-0.15, -0.1) is 0 Å². The Morgan fingerprint density at radius 1 is 1.23 bits per heavy atom. The first-order valence-electron chi connectivity index (χ1n) is 11.7. The molecule has 2 aromatic heterocycles. The molecular weight excluding hydrogens is 452 g/mol. The molecule has 9 heteroatoms. The van der Waals surface area contributed by atoms with Gasteiger partial charge in [-0.05, 0) is 56.5 Å². The molecule has 5 rings (SSSR count). The molecule has 0 radical (unpaired) electrons. The summed E-state index contributed by atoms with van der Waals surface area (Å²) in [5, 5.41) is 11.9. The van der Waals surface area contributed by atoms with Crippen LogP contribution in [-0.2, 0) is 39.4 Å². The Morgan fingerprint density at radius 2 is 2.00 bits per heavy atom. The highest BCUT2D eigenvalue weighted by molar-refractivity contribution is 5.90. The molecule has 0 aliphatic carbocycles. The zero-order chi connectivity index (χ0) is 25.1. The SMILES string of the molecule is CCc1c2c(nc3ccc(OC(=O)OC(C)C)cc13)-c1cc3c(c(=O)n1C2)COC(=O)[C@]3(O)CC. The van der Waals surface area contributed by atoms with Gasteiger partial charge in [0.15, 0.2) is 5.60 Å². The van der Waals surface area contributed by atoms with Crippen LogP contribution in [0.25, 0.3) is 22.3 Å². The number of ether oxygens (including phenoxy) is 3. The first kappa shape index (κ1) is 23.0. The van der Waals surface area contributed by atoms with Crippen LogP contribution < -0.4 is 10.3 Å². The smallest absolute Gasteiger partial charge is 0.458 e. The van der Waals surface area contributed by atoms with Crippen LogP contribution in [0, 0.1) is 0 Å². The Hall–Kier alpha value is -3.72. The van der Waals surface area contributed by atoms with Crippen LogP contribution in [0.5, 0.6) is 5.75 Å². The standard InChI is InChI=1S/C26H26N2O7/c1-5-15-16-9-14(35-25(31)34-13(3)4)7-8-20(16)27-22-17(15)11-28-21(22)10-19-18(23(28)29)12-33-24(30)26(19,32)6-2/h7-10,13,32H,5-6,11-12H2,1-4H3/t26-/m0/s1. The van der Waals surface area contributed by atoms with E-state index in [1.54, 1.807) is 49.6 Å². The number of cyclic esters (lactones) is 1. The second kappa shape index (κ2) is 8.20. The lowest BCUT2D eigenvalue weighted by atomic mass is 9.86. The number of hydrogen-bond donors (Lipinski definition) is 1. The Kier molecular flexibility index (Phi) is 5.40. The van der Waals surface area contributed by atoms with Gasteiger partial charge in [0.05, 0.1) is 35.1 Å². The molecule has 0 fully saturated rings. The van der Waals surface area contributed by atoms with Crippen molar-refractivity contribution >= 4 is 23.0 Å². The second-order valence-electron chi connectivity index (χ2n) is 9.07. The molecule has 0 spiro atoms. The summed E-state index contributed by atoms with van der Waals surface area (Å²) in [6, 6.07) is 6.85. The van der Waals surface area contributed by atoms with Crippen LogP contribution in [0.1, 0.15) is 56.4 Å². The lowest BCUT2D eigenvalue weighted by Gasteiger charge is -2.31. The number of nitrogens with zero attached hydrogens (tertiary/aromatic N) is 2. The Balaban J connectivity index is 1.66. The van der Waals surface area contributed by atoms with Gasteiger partial charge in [-0.1, -0.05) is 13.8 Å². The maximum atomic E-state index is 13.4. The summed E-state index contributed by atoms with van der Waals surface area (Å²) < 4.78 is 17.1. The van der Waals surface area contributed by atoms with E-state index in [2.05, 4.69) is 0 Å². The van der Waals surface area contributed by atoms with Gasteiger partial charge < -0.3 is 23.9 Å². The molecule has 0 amide bonds. The Labute approximate surface area is 201 Å². The maximum absolute atomic E-state index is 13.4. The fourth-order valence-corrected chi connectivity index (χ4v) is 4.92. The van der Waals surface area contributed by atoms with Gasteiger partial charge in [0.1, 0.15) is 12.4 Å². The van der Waals surface area contributed by atoms with Crippen molar-refractivity contribution in [2.75, 3.05) is 0 Å². The van der Waals surface area contributed by atoms with E-state index in [-0.39, 0.29) is 35.8 Å². The molecule has 1 N–H and O–H groups in total. The number of aromatic nitrogens is 2. The number of pyridine rings is 2. The van der Waals surface area contributed by atoms with E-state index >= 15 is 0 Å². The van der Waals surface area contributed by atoms with E-state index in [0.717, 1.165) is 16.5 Å². The normalized spacial score (nSPS) is 18.2. The third-order valence-electron chi connectivity index (χ3n) is 6.66. The average molecular weight is 479 g/mol. The summed E-state index contributed by atoms with van der Waals surface area (Å²) in [5.41, 5.74) is 2.13. The van der Waals surface area contributed by atoms with Crippen molar-refractivity contribution in [2.45, 2.75) is 65.4 Å². The first-order valence-corrected chi connectivity index (χ1v) is 11.7. The number of fused-ring (bicyclic) bond motifs is 5. The van der Waals surface area contributed by atoms with Gasteiger partial charge in [0.25, 0.3) is 5.56 Å². The number of benzene rings is 1. The van der Waals surface area contributed by atoms with Crippen LogP contribution in [-0.4, -0.2) is 32.9 Å². The molecule has 0 saturated heterocycles. The highest BCUT2D eigenvalue weighted by atomic mass is 16.7. The van der Waals surface area contributed by atoms with Crippen LogP contribution in [0.4, 0.5) is 4.79 Å². The van der Waals surface area contributed by atoms with Gasteiger partial charge in [-0.25, -0.2) is 14.6 Å². The summed E-state index contributed by atoms with van der Waals surface area (Å²) >= 11 is 0. The minimum Gasteiger partial charge on any atom is -0.458 e. The molecular formula is C26H26N2O7. The molecule has 9 nitrogen and oxygen atoms in total. The van der Waals surface area contributed by atoms with Gasteiger partial charge >= 0.3 is 12.1 Å². The number of hydrogen-bond acceptors (Lipinski definition) is 8. The molecule has 0 unspecified atom stereocenters. The molecule has 2 aliphatic heterocycles. The molecule has 3 aromatic rings. The summed E-state index contributed by atoms with van der Waals surface area (Å²) in [6.45, 7) is 7.30. The van der Waals surface area contributed by atoms with Crippen molar-refractivity contribution < 1.29 is 28.9 Å².